The maximum Gasteiger partial charge on any atom is 0.106 e. The summed E-state index contributed by atoms with van der Waals surface area (Å²) >= 11 is 0. The Labute approximate surface area is 183 Å². The Morgan fingerprint density at radius 1 is 0.903 bits per heavy atom. The van der Waals surface area contributed by atoms with E-state index in [0.717, 1.165) is 19.6 Å². The van der Waals surface area contributed by atoms with Gasteiger partial charge >= 0.3 is 0 Å². The molecular formula is C28H27NO2. The Balaban J connectivity index is 1.57. The maximum absolute atomic E-state index is 6.30. The van der Waals surface area contributed by atoms with Gasteiger partial charge in [0, 0.05) is 37.4 Å². The van der Waals surface area contributed by atoms with Crippen LogP contribution in [-0.2, 0) is 16.0 Å². The molecule has 0 radical (unpaired) electrons. The molecule has 1 saturated heterocycles. The van der Waals surface area contributed by atoms with Gasteiger partial charge in [-0.15, -0.1) is 0 Å². The van der Waals surface area contributed by atoms with Crippen molar-refractivity contribution in [2.24, 2.45) is 5.92 Å². The van der Waals surface area contributed by atoms with E-state index in [1.165, 1.54) is 33.5 Å². The number of hydrogen-bond acceptors (Lipinski definition) is 3. The van der Waals surface area contributed by atoms with Crippen molar-refractivity contribution in [1.29, 1.82) is 0 Å². The standard InChI is InChI=1S/C28H27NO2/c1-30-28-25-24(22-16-17-31-27(22)25)21-14-8-9-15-23(21)29(18-19-10-4-2-5-11-19)26(28)20-12-6-3-7-13-20/h2-15,22,26-28H,16-18H2,1H3/t22-,26+,27-,28-/m1/s1. The number of ether oxygens (including phenoxy) is 2. The number of nitrogens with zero attached hydrogens (tertiary/aromatic N) is 1. The van der Waals surface area contributed by atoms with Crippen LogP contribution in [-0.4, -0.2) is 25.9 Å². The highest BCUT2D eigenvalue weighted by Crippen LogP contribution is 2.57. The van der Waals surface area contributed by atoms with E-state index in [4.69, 9.17) is 9.47 Å². The van der Waals surface area contributed by atoms with Gasteiger partial charge < -0.3 is 14.4 Å². The zero-order chi connectivity index (χ0) is 20.8. The lowest BCUT2D eigenvalue weighted by atomic mass is 9.68. The lowest BCUT2D eigenvalue weighted by molar-refractivity contribution is 0.0505. The van der Waals surface area contributed by atoms with E-state index in [0.29, 0.717) is 5.92 Å². The Morgan fingerprint density at radius 3 is 2.39 bits per heavy atom. The van der Waals surface area contributed by atoms with Crippen molar-refractivity contribution in [1.82, 2.24) is 0 Å². The lowest BCUT2D eigenvalue weighted by Gasteiger charge is -2.42. The van der Waals surface area contributed by atoms with Crippen LogP contribution in [0.1, 0.15) is 29.2 Å². The Bertz CT molecular complexity index is 1110. The quantitative estimate of drug-likeness (QED) is 0.557. The molecule has 3 aromatic rings. The Morgan fingerprint density at radius 2 is 1.61 bits per heavy atom. The summed E-state index contributed by atoms with van der Waals surface area (Å²) in [6, 6.07) is 30.5. The summed E-state index contributed by atoms with van der Waals surface area (Å²) in [5.41, 5.74) is 8.02. The molecule has 3 aliphatic rings. The normalized spacial score (nSPS) is 26.5. The molecule has 1 aliphatic carbocycles. The molecular weight excluding hydrogens is 382 g/mol. The molecule has 156 valence electrons. The van der Waals surface area contributed by atoms with Crippen LogP contribution in [0.25, 0.3) is 5.57 Å². The van der Waals surface area contributed by atoms with Gasteiger partial charge in [0.1, 0.15) is 6.10 Å². The molecule has 3 nitrogen and oxygen atoms in total. The Hall–Kier alpha value is -2.88. The minimum atomic E-state index is -0.0483. The third-order valence-corrected chi connectivity index (χ3v) is 7.10. The van der Waals surface area contributed by atoms with Crippen molar-refractivity contribution in [2.45, 2.75) is 31.2 Å². The van der Waals surface area contributed by atoms with Crippen molar-refractivity contribution in [3.63, 3.8) is 0 Å². The minimum absolute atomic E-state index is 0.0483. The molecule has 0 aromatic heterocycles. The highest BCUT2D eigenvalue weighted by Gasteiger charge is 2.53. The van der Waals surface area contributed by atoms with E-state index >= 15 is 0 Å². The molecule has 0 amide bonds. The fourth-order valence-corrected chi connectivity index (χ4v) is 5.79. The largest absolute Gasteiger partial charge is 0.374 e. The van der Waals surface area contributed by atoms with E-state index in [2.05, 4.69) is 89.8 Å². The second kappa shape index (κ2) is 7.67. The van der Waals surface area contributed by atoms with Crippen LogP contribution in [0.5, 0.6) is 0 Å². The molecule has 0 bridgehead atoms. The van der Waals surface area contributed by atoms with Gasteiger partial charge in [-0.05, 0) is 34.8 Å². The van der Waals surface area contributed by atoms with E-state index < -0.39 is 0 Å². The highest BCUT2D eigenvalue weighted by atomic mass is 16.5. The van der Waals surface area contributed by atoms with Crippen LogP contribution in [0, 0.1) is 5.92 Å². The Kier molecular flexibility index (Phi) is 4.66. The fourth-order valence-electron chi connectivity index (χ4n) is 5.79. The second-order valence-electron chi connectivity index (χ2n) is 8.70. The number of benzene rings is 3. The van der Waals surface area contributed by atoms with Crippen molar-refractivity contribution in [3.8, 4) is 0 Å². The lowest BCUT2D eigenvalue weighted by Crippen LogP contribution is -2.43. The molecule has 3 heteroatoms. The number of para-hydroxylation sites is 1. The molecule has 4 atom stereocenters. The average Bonchev–Trinajstić information content (AvgIpc) is 3.18. The van der Waals surface area contributed by atoms with Crippen molar-refractivity contribution < 1.29 is 9.47 Å². The summed E-state index contributed by atoms with van der Waals surface area (Å²) in [6.45, 7) is 1.67. The number of rotatable bonds is 4. The first-order valence-corrected chi connectivity index (χ1v) is 11.2. The van der Waals surface area contributed by atoms with Crippen molar-refractivity contribution >= 4 is 11.3 Å². The third kappa shape index (κ3) is 2.95. The first-order valence-electron chi connectivity index (χ1n) is 11.2. The molecule has 6 rings (SSSR count). The molecule has 0 saturated carbocycles. The summed E-state index contributed by atoms with van der Waals surface area (Å²) in [7, 11) is 1.85. The van der Waals surface area contributed by atoms with Gasteiger partial charge in [-0.25, -0.2) is 0 Å². The molecule has 1 fully saturated rings. The van der Waals surface area contributed by atoms with Gasteiger partial charge in [0.15, 0.2) is 0 Å². The summed E-state index contributed by atoms with van der Waals surface area (Å²) in [5, 5.41) is 0. The fraction of sp³-hybridized carbons (Fsp3) is 0.286. The summed E-state index contributed by atoms with van der Waals surface area (Å²) in [6.07, 6.45) is 1.24. The SMILES string of the molecule is CO[C@@H]1C2=C(c3ccccc3N(Cc3ccccc3)[C@H]1c1ccccc1)[C@H]1CCO[C@@H]21. The zero-order valence-electron chi connectivity index (χ0n) is 17.8. The zero-order valence-corrected chi connectivity index (χ0v) is 17.8. The molecule has 0 N–H and O–H groups in total. The third-order valence-electron chi connectivity index (χ3n) is 7.10. The van der Waals surface area contributed by atoms with Gasteiger partial charge in [-0.1, -0.05) is 78.9 Å². The van der Waals surface area contributed by atoms with Crippen LogP contribution in [0.2, 0.25) is 0 Å². The minimum Gasteiger partial charge on any atom is -0.374 e. The first-order chi connectivity index (χ1) is 15.4. The molecule has 0 spiro atoms. The van der Waals surface area contributed by atoms with E-state index in [9.17, 15) is 0 Å². The van der Waals surface area contributed by atoms with Gasteiger partial charge in [0.05, 0.1) is 12.1 Å². The number of fused-ring (bicyclic) bond motifs is 5. The van der Waals surface area contributed by atoms with Crippen LogP contribution < -0.4 is 4.90 Å². The number of methoxy groups -OCH3 is 1. The van der Waals surface area contributed by atoms with Gasteiger partial charge in [0.2, 0.25) is 0 Å². The number of anilines is 1. The van der Waals surface area contributed by atoms with Gasteiger partial charge in [0.25, 0.3) is 0 Å². The topological polar surface area (TPSA) is 21.7 Å². The van der Waals surface area contributed by atoms with Crippen LogP contribution >= 0.6 is 0 Å². The predicted molar refractivity (Wildman–Crippen MR) is 124 cm³/mol. The molecule has 31 heavy (non-hydrogen) atoms. The number of hydrogen-bond donors (Lipinski definition) is 0. The average molecular weight is 410 g/mol. The molecule has 2 heterocycles. The summed E-state index contributed by atoms with van der Waals surface area (Å²) < 4.78 is 12.5. The molecule has 2 aliphatic heterocycles. The molecule has 0 unspecified atom stereocenters. The van der Waals surface area contributed by atoms with Crippen LogP contribution in [0.15, 0.2) is 90.5 Å². The van der Waals surface area contributed by atoms with Gasteiger partial charge in [-0.3, -0.25) is 0 Å². The van der Waals surface area contributed by atoms with Crippen LogP contribution in [0.4, 0.5) is 5.69 Å². The van der Waals surface area contributed by atoms with E-state index in [1.807, 2.05) is 7.11 Å². The van der Waals surface area contributed by atoms with E-state index in [1.54, 1.807) is 0 Å². The van der Waals surface area contributed by atoms with Crippen molar-refractivity contribution in [2.75, 3.05) is 18.6 Å². The predicted octanol–water partition coefficient (Wildman–Crippen LogP) is 5.64. The van der Waals surface area contributed by atoms with E-state index in [-0.39, 0.29) is 18.2 Å². The summed E-state index contributed by atoms with van der Waals surface area (Å²) in [5.74, 6) is 0.488. The van der Waals surface area contributed by atoms with Crippen molar-refractivity contribution in [3.05, 3.63) is 107 Å². The first kappa shape index (κ1) is 18.9. The highest BCUT2D eigenvalue weighted by molar-refractivity contribution is 5.88. The summed E-state index contributed by atoms with van der Waals surface area (Å²) in [4.78, 5) is 2.54. The second-order valence-corrected chi connectivity index (χ2v) is 8.70. The smallest absolute Gasteiger partial charge is 0.106 e. The van der Waals surface area contributed by atoms with Gasteiger partial charge in [-0.2, -0.15) is 0 Å². The molecule has 3 aromatic carbocycles. The monoisotopic (exact) mass is 409 g/mol. The maximum atomic E-state index is 6.30. The van der Waals surface area contributed by atoms with Crippen LogP contribution in [0.3, 0.4) is 0 Å².